The molecule has 1 aromatic carbocycles. The second kappa shape index (κ2) is 4.88. The molecule has 16 heavy (non-hydrogen) atoms. The number of piperidine rings is 1. The van der Waals surface area contributed by atoms with Gasteiger partial charge in [-0.15, -0.1) is 0 Å². The van der Waals surface area contributed by atoms with E-state index in [4.69, 9.17) is 0 Å². The molecule has 1 aromatic rings. The average Bonchev–Trinajstić information content (AvgIpc) is 2.30. The quantitative estimate of drug-likeness (QED) is 0.826. The van der Waals surface area contributed by atoms with Crippen LogP contribution in [0.25, 0.3) is 0 Å². The van der Waals surface area contributed by atoms with E-state index in [1.165, 1.54) is 11.3 Å². The molecule has 0 bridgehead atoms. The highest BCUT2D eigenvalue weighted by Crippen LogP contribution is 2.22. The van der Waals surface area contributed by atoms with Gasteiger partial charge in [0.05, 0.1) is 6.10 Å². The number of nitrogens with zero attached hydrogens (tertiary/aromatic N) is 1. The van der Waals surface area contributed by atoms with Crippen LogP contribution in [0, 0.1) is 0 Å². The number of anilines is 1. The van der Waals surface area contributed by atoms with E-state index in [1.807, 2.05) is 0 Å². The molecule has 1 aliphatic rings. The molecule has 1 saturated heterocycles. The van der Waals surface area contributed by atoms with Gasteiger partial charge in [-0.2, -0.15) is 0 Å². The molecule has 0 spiro atoms. The molecule has 2 nitrogen and oxygen atoms in total. The van der Waals surface area contributed by atoms with Gasteiger partial charge in [-0.25, -0.2) is 0 Å². The molecule has 1 heterocycles. The van der Waals surface area contributed by atoms with Crippen LogP contribution in [-0.4, -0.2) is 24.3 Å². The maximum atomic E-state index is 9.46. The summed E-state index contributed by atoms with van der Waals surface area (Å²) in [6, 6.07) is 8.83. The van der Waals surface area contributed by atoms with E-state index in [-0.39, 0.29) is 6.10 Å². The van der Waals surface area contributed by atoms with E-state index >= 15 is 0 Å². The Morgan fingerprint density at radius 2 is 1.69 bits per heavy atom. The number of benzene rings is 1. The first-order valence-corrected chi connectivity index (χ1v) is 6.20. The predicted molar refractivity (Wildman–Crippen MR) is 68.0 cm³/mol. The lowest BCUT2D eigenvalue weighted by Crippen LogP contribution is -2.35. The van der Waals surface area contributed by atoms with Crippen molar-refractivity contribution in [1.82, 2.24) is 0 Å². The lowest BCUT2D eigenvalue weighted by Gasteiger charge is -2.31. The highest BCUT2D eigenvalue weighted by molar-refractivity contribution is 5.48. The second-order valence-corrected chi connectivity index (χ2v) is 4.96. The van der Waals surface area contributed by atoms with Crippen LogP contribution in [0.5, 0.6) is 0 Å². The van der Waals surface area contributed by atoms with Crippen LogP contribution < -0.4 is 4.90 Å². The maximum Gasteiger partial charge on any atom is 0.0574 e. The summed E-state index contributed by atoms with van der Waals surface area (Å²) in [5.41, 5.74) is 2.68. The molecule has 1 aliphatic heterocycles. The molecule has 1 fully saturated rings. The predicted octanol–water partition coefficient (Wildman–Crippen LogP) is 2.77. The van der Waals surface area contributed by atoms with Crippen molar-refractivity contribution in [2.75, 3.05) is 18.0 Å². The Morgan fingerprint density at radius 3 is 2.19 bits per heavy atom. The zero-order chi connectivity index (χ0) is 11.5. The topological polar surface area (TPSA) is 23.5 Å². The smallest absolute Gasteiger partial charge is 0.0574 e. The fraction of sp³-hybridized carbons (Fsp3) is 0.571. The largest absolute Gasteiger partial charge is 0.393 e. The van der Waals surface area contributed by atoms with Crippen molar-refractivity contribution in [2.24, 2.45) is 0 Å². The van der Waals surface area contributed by atoms with E-state index in [0.717, 1.165) is 25.9 Å². The van der Waals surface area contributed by atoms with E-state index in [2.05, 4.69) is 43.0 Å². The first kappa shape index (κ1) is 11.5. The Kier molecular flexibility index (Phi) is 3.49. The summed E-state index contributed by atoms with van der Waals surface area (Å²) in [5, 5.41) is 9.46. The molecule has 0 aliphatic carbocycles. The van der Waals surface area contributed by atoms with Crippen LogP contribution in [0.4, 0.5) is 5.69 Å². The minimum atomic E-state index is -0.0915. The van der Waals surface area contributed by atoms with E-state index in [0.29, 0.717) is 5.92 Å². The van der Waals surface area contributed by atoms with Gasteiger partial charge in [0.15, 0.2) is 0 Å². The van der Waals surface area contributed by atoms with Crippen molar-refractivity contribution in [3.63, 3.8) is 0 Å². The lowest BCUT2D eigenvalue weighted by atomic mass is 10.0. The molecule has 0 atom stereocenters. The van der Waals surface area contributed by atoms with Crippen molar-refractivity contribution in [1.29, 1.82) is 0 Å². The Morgan fingerprint density at radius 1 is 1.12 bits per heavy atom. The summed E-state index contributed by atoms with van der Waals surface area (Å²) in [4.78, 5) is 2.36. The van der Waals surface area contributed by atoms with Crippen molar-refractivity contribution in [2.45, 2.75) is 38.7 Å². The minimum absolute atomic E-state index is 0.0915. The zero-order valence-electron chi connectivity index (χ0n) is 10.2. The van der Waals surface area contributed by atoms with Crippen LogP contribution in [0.3, 0.4) is 0 Å². The molecule has 0 amide bonds. The molecule has 0 radical (unpaired) electrons. The van der Waals surface area contributed by atoms with Gasteiger partial charge in [-0.05, 0) is 36.5 Å². The molecule has 0 aromatic heterocycles. The fourth-order valence-corrected chi connectivity index (χ4v) is 2.19. The second-order valence-electron chi connectivity index (χ2n) is 4.96. The van der Waals surface area contributed by atoms with Gasteiger partial charge < -0.3 is 10.0 Å². The fourth-order valence-electron chi connectivity index (χ4n) is 2.19. The minimum Gasteiger partial charge on any atom is -0.393 e. The zero-order valence-corrected chi connectivity index (χ0v) is 10.2. The van der Waals surface area contributed by atoms with Gasteiger partial charge in [0.25, 0.3) is 0 Å². The number of aliphatic hydroxyl groups excluding tert-OH is 1. The molecule has 88 valence electrons. The number of hydrogen-bond donors (Lipinski definition) is 1. The highest BCUT2D eigenvalue weighted by atomic mass is 16.3. The van der Waals surface area contributed by atoms with Gasteiger partial charge in [0.2, 0.25) is 0 Å². The first-order valence-electron chi connectivity index (χ1n) is 6.20. The van der Waals surface area contributed by atoms with E-state index in [9.17, 15) is 5.11 Å². The van der Waals surface area contributed by atoms with Crippen LogP contribution in [0.1, 0.15) is 38.2 Å². The van der Waals surface area contributed by atoms with Gasteiger partial charge >= 0.3 is 0 Å². The monoisotopic (exact) mass is 219 g/mol. The van der Waals surface area contributed by atoms with Gasteiger partial charge in [0, 0.05) is 18.8 Å². The third-order valence-electron chi connectivity index (χ3n) is 3.39. The molecule has 1 N–H and O–H groups in total. The number of aliphatic hydroxyl groups is 1. The number of rotatable bonds is 2. The summed E-state index contributed by atoms with van der Waals surface area (Å²) in [7, 11) is 0. The van der Waals surface area contributed by atoms with Crippen molar-refractivity contribution in [3.8, 4) is 0 Å². The van der Waals surface area contributed by atoms with Crippen LogP contribution in [-0.2, 0) is 0 Å². The SMILES string of the molecule is CC(C)c1ccc(N2CCC(O)CC2)cc1. The Balaban J connectivity index is 2.04. The molecular formula is C14H21NO. The molecule has 0 saturated carbocycles. The van der Waals surface area contributed by atoms with Crippen molar-refractivity contribution >= 4 is 5.69 Å². The summed E-state index contributed by atoms with van der Waals surface area (Å²) < 4.78 is 0. The summed E-state index contributed by atoms with van der Waals surface area (Å²) in [5.74, 6) is 0.595. The van der Waals surface area contributed by atoms with Gasteiger partial charge in [-0.1, -0.05) is 26.0 Å². The number of hydrogen-bond acceptors (Lipinski definition) is 2. The third kappa shape index (κ3) is 2.56. The Hall–Kier alpha value is -1.02. The summed E-state index contributed by atoms with van der Waals surface area (Å²) in [6.07, 6.45) is 1.70. The van der Waals surface area contributed by atoms with Gasteiger partial charge in [-0.3, -0.25) is 0 Å². The van der Waals surface area contributed by atoms with Gasteiger partial charge in [0.1, 0.15) is 0 Å². The van der Waals surface area contributed by atoms with Crippen molar-refractivity contribution < 1.29 is 5.11 Å². The molecule has 2 heteroatoms. The van der Waals surface area contributed by atoms with E-state index in [1.54, 1.807) is 0 Å². The normalized spacial score (nSPS) is 18.1. The van der Waals surface area contributed by atoms with Crippen LogP contribution in [0.2, 0.25) is 0 Å². The van der Waals surface area contributed by atoms with Crippen LogP contribution in [0.15, 0.2) is 24.3 Å². The van der Waals surface area contributed by atoms with E-state index < -0.39 is 0 Å². The Labute approximate surface area is 97.9 Å². The van der Waals surface area contributed by atoms with Crippen LogP contribution >= 0.6 is 0 Å². The standard InChI is InChI=1S/C14H21NO/c1-11(2)12-3-5-13(6-4-12)15-9-7-14(16)8-10-15/h3-6,11,14,16H,7-10H2,1-2H3. The average molecular weight is 219 g/mol. The Bertz CT molecular complexity index is 323. The first-order chi connectivity index (χ1) is 7.66. The molecule has 2 rings (SSSR count). The lowest BCUT2D eigenvalue weighted by molar-refractivity contribution is 0.145. The summed E-state index contributed by atoms with van der Waals surface area (Å²) >= 11 is 0. The molecule has 0 unspecified atom stereocenters. The molecular weight excluding hydrogens is 198 g/mol. The van der Waals surface area contributed by atoms with Crippen molar-refractivity contribution in [3.05, 3.63) is 29.8 Å². The third-order valence-corrected chi connectivity index (χ3v) is 3.39. The highest BCUT2D eigenvalue weighted by Gasteiger charge is 2.16. The maximum absolute atomic E-state index is 9.46. The summed E-state index contributed by atoms with van der Waals surface area (Å²) in [6.45, 7) is 6.38.